The van der Waals surface area contributed by atoms with E-state index in [-0.39, 0.29) is 29.3 Å². The Morgan fingerprint density at radius 1 is 1.40 bits per heavy atom. The average molecular weight is 290 g/mol. The second-order valence-corrected chi connectivity index (χ2v) is 4.64. The van der Waals surface area contributed by atoms with E-state index in [0.29, 0.717) is 0 Å². The molecule has 1 heterocycles. The van der Waals surface area contributed by atoms with E-state index in [9.17, 15) is 22.8 Å². The standard InChI is InChI=1S/C13H13F3O4/c1-3-19-12(18)11-6(2)10-8(17)4-7(13(14,15)16)5-9(10)20-11/h7H,3-5H2,1-2H3. The van der Waals surface area contributed by atoms with Crippen molar-refractivity contribution in [1.82, 2.24) is 0 Å². The van der Waals surface area contributed by atoms with Crippen LogP contribution in [0.15, 0.2) is 4.42 Å². The van der Waals surface area contributed by atoms with Gasteiger partial charge in [0, 0.05) is 18.4 Å². The van der Waals surface area contributed by atoms with Gasteiger partial charge in [0.25, 0.3) is 0 Å². The van der Waals surface area contributed by atoms with E-state index < -0.39 is 36.7 Å². The minimum atomic E-state index is -4.46. The quantitative estimate of drug-likeness (QED) is 0.785. The Bertz CT molecular complexity index is 557. The summed E-state index contributed by atoms with van der Waals surface area (Å²) in [5.41, 5.74) is 0.345. The van der Waals surface area contributed by atoms with Crippen molar-refractivity contribution in [3.8, 4) is 0 Å². The summed E-state index contributed by atoms with van der Waals surface area (Å²) >= 11 is 0. The first kappa shape index (κ1) is 14.6. The molecule has 1 aliphatic rings. The second kappa shape index (κ2) is 4.96. The number of ketones is 1. The molecule has 1 atom stereocenters. The molecule has 0 fully saturated rings. The van der Waals surface area contributed by atoms with E-state index in [2.05, 4.69) is 0 Å². The maximum atomic E-state index is 12.7. The topological polar surface area (TPSA) is 56.5 Å². The zero-order valence-electron chi connectivity index (χ0n) is 11.0. The molecule has 0 saturated heterocycles. The normalized spacial score (nSPS) is 18.9. The van der Waals surface area contributed by atoms with Crippen LogP contribution in [-0.4, -0.2) is 24.5 Å². The smallest absolute Gasteiger partial charge is 0.392 e. The zero-order chi connectivity index (χ0) is 15.1. The molecule has 1 aliphatic carbocycles. The third-order valence-electron chi connectivity index (χ3n) is 3.29. The predicted molar refractivity (Wildman–Crippen MR) is 61.6 cm³/mol. The molecule has 0 aliphatic heterocycles. The molecule has 0 radical (unpaired) electrons. The molecule has 1 aromatic heterocycles. The Kier molecular flexibility index (Phi) is 3.62. The van der Waals surface area contributed by atoms with Gasteiger partial charge in [-0.15, -0.1) is 0 Å². The van der Waals surface area contributed by atoms with Crippen LogP contribution in [0.4, 0.5) is 13.2 Å². The van der Waals surface area contributed by atoms with Crippen LogP contribution in [-0.2, 0) is 11.2 Å². The summed E-state index contributed by atoms with van der Waals surface area (Å²) < 4.78 is 48.0. The van der Waals surface area contributed by atoms with Gasteiger partial charge in [0.05, 0.1) is 18.1 Å². The summed E-state index contributed by atoms with van der Waals surface area (Å²) in [4.78, 5) is 23.5. The molecule has 1 unspecified atom stereocenters. The number of hydrogen-bond acceptors (Lipinski definition) is 4. The first-order chi connectivity index (χ1) is 9.25. The van der Waals surface area contributed by atoms with Crippen molar-refractivity contribution in [3.63, 3.8) is 0 Å². The maximum Gasteiger partial charge on any atom is 0.392 e. The van der Waals surface area contributed by atoms with Crippen LogP contribution in [0.5, 0.6) is 0 Å². The van der Waals surface area contributed by atoms with Crippen molar-refractivity contribution in [2.75, 3.05) is 6.61 Å². The van der Waals surface area contributed by atoms with Gasteiger partial charge in [0.15, 0.2) is 5.78 Å². The molecule has 0 bridgehead atoms. The van der Waals surface area contributed by atoms with Crippen LogP contribution in [0.2, 0.25) is 0 Å². The van der Waals surface area contributed by atoms with Gasteiger partial charge in [-0.25, -0.2) is 4.79 Å². The third-order valence-corrected chi connectivity index (χ3v) is 3.29. The van der Waals surface area contributed by atoms with Gasteiger partial charge < -0.3 is 9.15 Å². The second-order valence-electron chi connectivity index (χ2n) is 4.64. The SMILES string of the molecule is CCOC(=O)c1oc2c(c1C)C(=O)CC(C(F)(F)F)C2. The number of esters is 1. The van der Waals surface area contributed by atoms with Crippen molar-refractivity contribution >= 4 is 11.8 Å². The summed E-state index contributed by atoms with van der Waals surface area (Å²) in [7, 11) is 0. The summed E-state index contributed by atoms with van der Waals surface area (Å²) in [5, 5.41) is 0. The van der Waals surface area contributed by atoms with E-state index >= 15 is 0 Å². The summed E-state index contributed by atoms with van der Waals surface area (Å²) in [5.74, 6) is -3.44. The lowest BCUT2D eigenvalue weighted by atomic mass is 9.85. The van der Waals surface area contributed by atoms with Crippen molar-refractivity contribution < 1.29 is 31.9 Å². The molecule has 0 N–H and O–H groups in total. The van der Waals surface area contributed by atoms with Gasteiger partial charge in [-0.1, -0.05) is 0 Å². The van der Waals surface area contributed by atoms with E-state index in [1.54, 1.807) is 6.92 Å². The fraction of sp³-hybridized carbons (Fsp3) is 0.538. The van der Waals surface area contributed by atoms with Crippen LogP contribution < -0.4 is 0 Å². The van der Waals surface area contributed by atoms with E-state index in [4.69, 9.17) is 9.15 Å². The molecule has 4 nitrogen and oxygen atoms in total. The Morgan fingerprint density at radius 2 is 2.05 bits per heavy atom. The monoisotopic (exact) mass is 290 g/mol. The molecular weight excluding hydrogens is 277 g/mol. The van der Waals surface area contributed by atoms with Gasteiger partial charge in [-0.05, 0) is 13.8 Å². The number of carbonyl (C=O) groups is 2. The molecule has 0 saturated carbocycles. The minimum Gasteiger partial charge on any atom is -0.460 e. The van der Waals surface area contributed by atoms with Crippen molar-refractivity contribution in [3.05, 3.63) is 22.6 Å². The minimum absolute atomic E-state index is 0.0795. The van der Waals surface area contributed by atoms with Crippen molar-refractivity contribution in [1.29, 1.82) is 0 Å². The molecular formula is C13H13F3O4. The van der Waals surface area contributed by atoms with Gasteiger partial charge >= 0.3 is 12.1 Å². The Morgan fingerprint density at radius 3 is 2.60 bits per heavy atom. The van der Waals surface area contributed by atoms with E-state index in [1.165, 1.54) is 6.92 Å². The number of ether oxygens (including phenoxy) is 1. The first-order valence-corrected chi connectivity index (χ1v) is 6.15. The number of carbonyl (C=O) groups excluding carboxylic acids is 2. The molecule has 0 aromatic carbocycles. The van der Waals surface area contributed by atoms with Crippen LogP contribution in [0.25, 0.3) is 0 Å². The van der Waals surface area contributed by atoms with Crippen LogP contribution in [0.3, 0.4) is 0 Å². The number of fused-ring (bicyclic) bond motifs is 1. The number of halogens is 3. The Balaban J connectivity index is 2.39. The molecule has 0 spiro atoms. The molecule has 0 amide bonds. The molecule has 110 valence electrons. The Labute approximate surface area is 112 Å². The molecule has 2 rings (SSSR count). The van der Waals surface area contributed by atoms with Crippen LogP contribution >= 0.6 is 0 Å². The largest absolute Gasteiger partial charge is 0.460 e. The molecule has 1 aromatic rings. The van der Waals surface area contributed by atoms with Gasteiger partial charge in [0.2, 0.25) is 5.76 Å². The highest BCUT2D eigenvalue weighted by atomic mass is 19.4. The number of alkyl halides is 3. The fourth-order valence-electron chi connectivity index (χ4n) is 2.33. The number of hydrogen-bond donors (Lipinski definition) is 0. The lowest BCUT2D eigenvalue weighted by Crippen LogP contribution is -2.31. The van der Waals surface area contributed by atoms with E-state index in [0.717, 1.165) is 0 Å². The van der Waals surface area contributed by atoms with Gasteiger partial charge in [-0.3, -0.25) is 4.79 Å². The Hall–Kier alpha value is -1.79. The zero-order valence-corrected chi connectivity index (χ0v) is 11.0. The number of rotatable bonds is 2. The molecule has 7 heteroatoms. The van der Waals surface area contributed by atoms with Crippen LogP contribution in [0.1, 0.15) is 45.6 Å². The highest BCUT2D eigenvalue weighted by Crippen LogP contribution is 2.39. The predicted octanol–water partition coefficient (Wildman–Crippen LogP) is 3.07. The van der Waals surface area contributed by atoms with Gasteiger partial charge in [0.1, 0.15) is 5.76 Å². The summed E-state index contributed by atoms with van der Waals surface area (Å²) in [6, 6.07) is 0. The summed E-state index contributed by atoms with van der Waals surface area (Å²) in [6.45, 7) is 3.18. The highest BCUT2D eigenvalue weighted by molar-refractivity contribution is 6.02. The number of furan rings is 1. The molecule has 20 heavy (non-hydrogen) atoms. The average Bonchev–Trinajstić information content (AvgIpc) is 2.66. The van der Waals surface area contributed by atoms with Crippen LogP contribution in [0, 0.1) is 12.8 Å². The number of Topliss-reactive ketones (excluding diaryl/α,β-unsaturated/α-hetero) is 1. The van der Waals surface area contributed by atoms with Crippen molar-refractivity contribution in [2.24, 2.45) is 5.92 Å². The first-order valence-electron chi connectivity index (χ1n) is 6.15. The lowest BCUT2D eigenvalue weighted by Gasteiger charge is -2.22. The lowest BCUT2D eigenvalue weighted by molar-refractivity contribution is -0.174. The van der Waals surface area contributed by atoms with E-state index in [1.807, 2.05) is 0 Å². The fourth-order valence-corrected chi connectivity index (χ4v) is 2.33. The maximum absolute atomic E-state index is 12.7. The highest BCUT2D eigenvalue weighted by Gasteiger charge is 2.46. The van der Waals surface area contributed by atoms with Gasteiger partial charge in [-0.2, -0.15) is 13.2 Å². The third kappa shape index (κ3) is 2.44. The van der Waals surface area contributed by atoms with Crippen molar-refractivity contribution in [2.45, 2.75) is 32.9 Å². The summed E-state index contributed by atoms with van der Waals surface area (Å²) in [6.07, 6.45) is -5.50.